The minimum atomic E-state index is -0.648. The quantitative estimate of drug-likeness (QED) is 0.588. The lowest BCUT2D eigenvalue weighted by Crippen LogP contribution is -2.56. The van der Waals surface area contributed by atoms with Crippen LogP contribution >= 0.6 is 11.8 Å². The fourth-order valence-electron chi connectivity index (χ4n) is 3.54. The van der Waals surface area contributed by atoms with Crippen molar-refractivity contribution in [1.82, 2.24) is 20.2 Å². The minimum absolute atomic E-state index is 0.0140. The van der Waals surface area contributed by atoms with Crippen LogP contribution in [0.1, 0.15) is 30.3 Å². The molecule has 1 aliphatic heterocycles. The predicted molar refractivity (Wildman–Crippen MR) is 124 cm³/mol. The molecule has 2 heterocycles. The zero-order chi connectivity index (χ0) is 22.5. The number of primary amides is 1. The molecular formula is C21H29N7O2S. The Hall–Kier alpha value is -3.01. The van der Waals surface area contributed by atoms with Crippen molar-refractivity contribution in [3.8, 4) is 0 Å². The highest BCUT2D eigenvalue weighted by molar-refractivity contribution is 7.98. The second-order valence-electron chi connectivity index (χ2n) is 7.67. The van der Waals surface area contributed by atoms with Gasteiger partial charge in [0.05, 0.1) is 12.2 Å². The van der Waals surface area contributed by atoms with Crippen molar-refractivity contribution in [2.75, 3.05) is 37.1 Å². The highest BCUT2D eigenvalue weighted by atomic mass is 32.2. The maximum Gasteiger partial charge on any atom is 0.317 e. The van der Waals surface area contributed by atoms with Gasteiger partial charge < -0.3 is 26.2 Å². The van der Waals surface area contributed by atoms with Crippen LogP contribution < -0.4 is 21.3 Å². The number of piperidine rings is 1. The summed E-state index contributed by atoms with van der Waals surface area (Å²) in [6.07, 6.45) is 5.36. The average molecular weight is 444 g/mol. The number of anilines is 3. The minimum Gasteiger partial charge on any atom is -0.364 e. The number of benzene rings is 1. The van der Waals surface area contributed by atoms with Gasteiger partial charge in [0.1, 0.15) is 5.82 Å². The number of amides is 3. The topological polar surface area (TPSA) is 116 Å². The van der Waals surface area contributed by atoms with Crippen LogP contribution in [0.2, 0.25) is 0 Å². The Balaban J connectivity index is 1.86. The number of nitrogens with two attached hydrogens (primary N) is 1. The van der Waals surface area contributed by atoms with Crippen molar-refractivity contribution in [2.24, 2.45) is 5.73 Å². The van der Waals surface area contributed by atoms with Gasteiger partial charge in [0.25, 0.3) is 5.91 Å². The molecule has 0 saturated carbocycles. The van der Waals surface area contributed by atoms with Gasteiger partial charge in [-0.25, -0.2) is 14.8 Å². The van der Waals surface area contributed by atoms with Crippen LogP contribution in [-0.4, -0.2) is 65.8 Å². The van der Waals surface area contributed by atoms with Crippen LogP contribution in [0.4, 0.5) is 22.1 Å². The monoisotopic (exact) mass is 443 g/mol. The number of rotatable bonds is 6. The summed E-state index contributed by atoms with van der Waals surface area (Å²) in [6, 6.07) is 7.68. The predicted octanol–water partition coefficient (Wildman–Crippen LogP) is 2.67. The van der Waals surface area contributed by atoms with Crippen LogP contribution in [-0.2, 0) is 0 Å². The molecule has 2 aromatic rings. The molecule has 3 rings (SSSR count). The summed E-state index contributed by atoms with van der Waals surface area (Å²) in [5.41, 5.74) is 6.39. The van der Waals surface area contributed by atoms with Gasteiger partial charge in [-0.2, -0.15) is 0 Å². The number of urea groups is 1. The van der Waals surface area contributed by atoms with E-state index in [-0.39, 0.29) is 23.8 Å². The number of nitrogens with zero attached hydrogens (tertiary/aromatic N) is 4. The maximum absolute atomic E-state index is 12.1. The van der Waals surface area contributed by atoms with Gasteiger partial charge in [0.15, 0.2) is 11.5 Å². The number of thioether (sulfide) groups is 1. The summed E-state index contributed by atoms with van der Waals surface area (Å²) in [5.74, 6) is 0.295. The molecule has 4 N–H and O–H groups in total. The first-order valence-electron chi connectivity index (χ1n) is 10.1. The molecule has 0 bridgehead atoms. The zero-order valence-electron chi connectivity index (χ0n) is 18.3. The molecule has 0 radical (unpaired) electrons. The number of carbonyl (C=O) groups is 2. The lowest BCUT2D eigenvalue weighted by molar-refractivity contribution is 0.0996. The summed E-state index contributed by atoms with van der Waals surface area (Å²) >= 11 is 1.65. The third kappa shape index (κ3) is 5.38. The van der Waals surface area contributed by atoms with Crippen molar-refractivity contribution < 1.29 is 9.59 Å². The van der Waals surface area contributed by atoms with Crippen LogP contribution in [0.5, 0.6) is 0 Å². The third-order valence-electron chi connectivity index (χ3n) is 5.34. The molecule has 0 spiro atoms. The van der Waals surface area contributed by atoms with Crippen LogP contribution in [0.15, 0.2) is 35.4 Å². The molecule has 31 heavy (non-hydrogen) atoms. The van der Waals surface area contributed by atoms with E-state index in [1.54, 1.807) is 32.1 Å². The summed E-state index contributed by atoms with van der Waals surface area (Å²) in [6.45, 7) is 2.83. The number of hydrogen-bond donors (Lipinski definition) is 3. The highest BCUT2D eigenvalue weighted by Crippen LogP contribution is 2.27. The molecule has 2 atom stereocenters. The number of aromatic nitrogens is 2. The highest BCUT2D eigenvalue weighted by Gasteiger charge is 2.31. The second-order valence-corrected chi connectivity index (χ2v) is 8.55. The van der Waals surface area contributed by atoms with Gasteiger partial charge in [-0.3, -0.25) is 4.79 Å². The van der Waals surface area contributed by atoms with Gasteiger partial charge in [-0.1, -0.05) is 0 Å². The van der Waals surface area contributed by atoms with Crippen molar-refractivity contribution in [2.45, 2.75) is 36.7 Å². The summed E-state index contributed by atoms with van der Waals surface area (Å²) in [4.78, 5) is 37.8. The molecule has 9 nitrogen and oxygen atoms in total. The Kier molecular flexibility index (Phi) is 7.21. The molecule has 166 valence electrons. The van der Waals surface area contributed by atoms with E-state index in [1.165, 1.54) is 4.90 Å². The molecule has 0 unspecified atom stereocenters. The van der Waals surface area contributed by atoms with E-state index >= 15 is 0 Å². The fourth-order valence-corrected chi connectivity index (χ4v) is 3.95. The van der Waals surface area contributed by atoms with Crippen molar-refractivity contribution >= 4 is 41.0 Å². The van der Waals surface area contributed by atoms with E-state index in [4.69, 9.17) is 5.73 Å². The standard InChI is InChI=1S/C21H29N7O2S/c1-13-16(25-21(30)27(2)3)6-5-11-28(13)17-12-23-18(19(22)29)20(26-17)24-14-7-9-15(31-4)10-8-14/h7-10,12-13,16H,5-6,11H2,1-4H3,(H2,22,29)(H,24,26)(H,25,30)/t13-,16-/m1/s1. The summed E-state index contributed by atoms with van der Waals surface area (Å²) in [5, 5.41) is 6.24. The second kappa shape index (κ2) is 9.86. The van der Waals surface area contributed by atoms with Gasteiger partial charge in [0, 0.05) is 37.3 Å². The molecule has 1 aromatic carbocycles. The van der Waals surface area contributed by atoms with E-state index in [1.807, 2.05) is 30.5 Å². The Morgan fingerprint density at radius 3 is 2.58 bits per heavy atom. The van der Waals surface area contributed by atoms with E-state index in [0.29, 0.717) is 11.6 Å². The Labute approximate surface area is 186 Å². The van der Waals surface area contributed by atoms with Gasteiger partial charge in [-0.15, -0.1) is 11.8 Å². The first kappa shape index (κ1) is 22.7. The number of carbonyl (C=O) groups excluding carboxylic acids is 2. The Morgan fingerprint density at radius 1 is 1.26 bits per heavy atom. The zero-order valence-corrected chi connectivity index (χ0v) is 19.1. The average Bonchev–Trinajstić information content (AvgIpc) is 2.75. The van der Waals surface area contributed by atoms with Crippen LogP contribution in [0.25, 0.3) is 0 Å². The van der Waals surface area contributed by atoms with E-state index in [9.17, 15) is 9.59 Å². The maximum atomic E-state index is 12.1. The molecule has 10 heteroatoms. The number of hydrogen-bond acceptors (Lipinski definition) is 7. The van der Waals surface area contributed by atoms with Crippen molar-refractivity contribution in [3.63, 3.8) is 0 Å². The molecule has 3 amide bonds. The largest absolute Gasteiger partial charge is 0.364 e. The summed E-state index contributed by atoms with van der Waals surface area (Å²) < 4.78 is 0. The Bertz CT molecular complexity index is 936. The van der Waals surface area contributed by atoms with Crippen molar-refractivity contribution in [1.29, 1.82) is 0 Å². The van der Waals surface area contributed by atoms with E-state index < -0.39 is 5.91 Å². The van der Waals surface area contributed by atoms with Gasteiger partial charge >= 0.3 is 6.03 Å². The molecule has 0 aliphatic carbocycles. The van der Waals surface area contributed by atoms with Crippen LogP contribution in [0.3, 0.4) is 0 Å². The van der Waals surface area contributed by atoms with Gasteiger partial charge in [0.2, 0.25) is 0 Å². The van der Waals surface area contributed by atoms with E-state index in [2.05, 4.69) is 32.4 Å². The van der Waals surface area contributed by atoms with Crippen molar-refractivity contribution in [3.05, 3.63) is 36.2 Å². The summed E-state index contributed by atoms with van der Waals surface area (Å²) in [7, 11) is 3.44. The Morgan fingerprint density at radius 2 is 1.97 bits per heavy atom. The molecular weight excluding hydrogens is 414 g/mol. The smallest absolute Gasteiger partial charge is 0.317 e. The molecule has 1 fully saturated rings. The lowest BCUT2D eigenvalue weighted by atomic mass is 9.97. The normalized spacial score (nSPS) is 18.4. The van der Waals surface area contributed by atoms with Crippen LogP contribution in [0, 0.1) is 0 Å². The SMILES string of the molecule is CSc1ccc(Nc2nc(N3CCC[C@@H](NC(=O)N(C)C)[C@H]3C)cnc2C(N)=O)cc1. The first-order chi connectivity index (χ1) is 14.8. The van der Waals surface area contributed by atoms with E-state index in [0.717, 1.165) is 30.0 Å². The number of nitrogens with one attached hydrogen (secondary N) is 2. The lowest BCUT2D eigenvalue weighted by Gasteiger charge is -2.40. The first-order valence-corrected chi connectivity index (χ1v) is 11.3. The molecule has 1 aliphatic rings. The third-order valence-corrected chi connectivity index (χ3v) is 6.09. The van der Waals surface area contributed by atoms with Gasteiger partial charge in [-0.05, 0) is 50.3 Å². The molecule has 1 aromatic heterocycles. The molecule has 1 saturated heterocycles. The fraction of sp³-hybridized carbons (Fsp3) is 0.429.